The fourth-order valence-corrected chi connectivity index (χ4v) is 4.60. The molecule has 1 N–H and O–H groups in total. The van der Waals surface area contributed by atoms with Crippen LogP contribution in [0.4, 0.5) is 5.69 Å². The number of quaternary nitrogens is 1. The lowest BCUT2D eigenvalue weighted by atomic mass is 9.99. The standard InChI is InChI=1S/C24H31N3O2/c1-3-29-23-11-7-6-10-22(23)26-16-14-25(15-17-26)19(2)24(28)27-13-12-20-8-4-5-9-21(20)18-27/h4-11,19H,3,12-18H2,1-2H3/p+1/t19-/m0/s1. The van der Waals surface area contributed by atoms with Crippen molar-refractivity contribution >= 4 is 11.6 Å². The van der Waals surface area contributed by atoms with Crippen LogP contribution < -0.4 is 14.5 Å². The van der Waals surface area contributed by atoms with Gasteiger partial charge in [0.2, 0.25) is 0 Å². The third-order valence-electron chi connectivity index (χ3n) is 6.34. The van der Waals surface area contributed by atoms with E-state index in [1.54, 1.807) is 0 Å². The Balaban J connectivity index is 1.36. The van der Waals surface area contributed by atoms with Crippen LogP contribution in [0.15, 0.2) is 48.5 Å². The third kappa shape index (κ3) is 4.25. The van der Waals surface area contributed by atoms with Crippen LogP contribution in [0.2, 0.25) is 0 Å². The van der Waals surface area contributed by atoms with E-state index in [1.165, 1.54) is 21.7 Å². The molecule has 1 fully saturated rings. The summed E-state index contributed by atoms with van der Waals surface area (Å²) in [4.78, 5) is 19.0. The van der Waals surface area contributed by atoms with Gasteiger partial charge >= 0.3 is 0 Å². The molecule has 2 aliphatic rings. The first-order chi connectivity index (χ1) is 14.2. The van der Waals surface area contributed by atoms with Crippen molar-refractivity contribution in [2.45, 2.75) is 32.9 Å². The molecule has 1 saturated heterocycles. The number of fused-ring (bicyclic) bond motifs is 1. The third-order valence-corrected chi connectivity index (χ3v) is 6.34. The Labute approximate surface area is 173 Å². The molecule has 2 heterocycles. The van der Waals surface area contributed by atoms with Gasteiger partial charge in [0.1, 0.15) is 5.75 Å². The second kappa shape index (κ2) is 8.87. The van der Waals surface area contributed by atoms with Crippen LogP contribution in [0.25, 0.3) is 0 Å². The van der Waals surface area contributed by atoms with Gasteiger partial charge in [0.15, 0.2) is 6.04 Å². The SMILES string of the molecule is CCOc1ccccc1N1CC[NH+]([C@@H](C)C(=O)N2CCc3ccccc3C2)CC1. The molecule has 5 nitrogen and oxygen atoms in total. The molecule has 2 aliphatic heterocycles. The molecule has 0 unspecified atom stereocenters. The Morgan fingerprint density at radius 2 is 1.72 bits per heavy atom. The van der Waals surface area contributed by atoms with Crippen molar-refractivity contribution in [3.05, 3.63) is 59.7 Å². The first-order valence-electron chi connectivity index (χ1n) is 10.8. The highest BCUT2D eigenvalue weighted by Crippen LogP contribution is 2.28. The summed E-state index contributed by atoms with van der Waals surface area (Å²) in [5.74, 6) is 1.24. The number of nitrogens with zero attached hydrogens (tertiary/aromatic N) is 2. The zero-order valence-corrected chi connectivity index (χ0v) is 17.6. The molecule has 4 rings (SSSR count). The number of carbonyl (C=O) groups excluding carboxylic acids is 1. The number of rotatable bonds is 5. The number of carbonyl (C=O) groups is 1. The zero-order chi connectivity index (χ0) is 20.2. The van der Waals surface area contributed by atoms with Crippen molar-refractivity contribution in [1.29, 1.82) is 0 Å². The molecule has 0 bridgehead atoms. The molecule has 0 radical (unpaired) electrons. The van der Waals surface area contributed by atoms with Gasteiger partial charge in [-0.2, -0.15) is 0 Å². The molecular weight excluding hydrogens is 362 g/mol. The minimum Gasteiger partial charge on any atom is -0.492 e. The van der Waals surface area contributed by atoms with Gasteiger partial charge in [-0.1, -0.05) is 36.4 Å². The van der Waals surface area contributed by atoms with E-state index < -0.39 is 0 Å². The largest absolute Gasteiger partial charge is 0.492 e. The van der Waals surface area contributed by atoms with Crippen LogP contribution in [0.1, 0.15) is 25.0 Å². The predicted molar refractivity (Wildman–Crippen MR) is 116 cm³/mol. The zero-order valence-electron chi connectivity index (χ0n) is 17.6. The van der Waals surface area contributed by atoms with Gasteiger partial charge in [-0.15, -0.1) is 0 Å². The molecule has 2 aromatic rings. The number of anilines is 1. The van der Waals surface area contributed by atoms with Crippen LogP contribution in [0.5, 0.6) is 5.75 Å². The van der Waals surface area contributed by atoms with Crippen LogP contribution >= 0.6 is 0 Å². The van der Waals surface area contributed by atoms with E-state index in [0.717, 1.165) is 51.4 Å². The molecule has 1 atom stereocenters. The number of nitrogens with one attached hydrogen (secondary N) is 1. The summed E-state index contributed by atoms with van der Waals surface area (Å²) in [6.07, 6.45) is 0.964. The summed E-state index contributed by atoms with van der Waals surface area (Å²) < 4.78 is 5.80. The van der Waals surface area contributed by atoms with E-state index >= 15 is 0 Å². The summed E-state index contributed by atoms with van der Waals surface area (Å²) in [6, 6.07) is 16.8. The molecule has 2 aromatic carbocycles. The van der Waals surface area contributed by atoms with Crippen molar-refractivity contribution in [2.24, 2.45) is 0 Å². The molecule has 0 spiro atoms. The number of ether oxygens (including phenoxy) is 1. The van der Waals surface area contributed by atoms with Gasteiger partial charge in [0.05, 0.1) is 38.5 Å². The monoisotopic (exact) mass is 394 g/mol. The van der Waals surface area contributed by atoms with Gasteiger partial charge in [-0.05, 0) is 43.5 Å². The van der Waals surface area contributed by atoms with E-state index in [9.17, 15) is 4.79 Å². The Bertz CT molecular complexity index is 846. The summed E-state index contributed by atoms with van der Waals surface area (Å²) in [6.45, 7) is 10.2. The van der Waals surface area contributed by atoms with Crippen molar-refractivity contribution in [3.63, 3.8) is 0 Å². The molecule has 0 aromatic heterocycles. The number of para-hydroxylation sites is 2. The van der Waals surface area contributed by atoms with Gasteiger partial charge in [0, 0.05) is 13.1 Å². The maximum atomic E-state index is 13.2. The van der Waals surface area contributed by atoms with Gasteiger partial charge in [-0.25, -0.2) is 0 Å². The lowest BCUT2D eigenvalue weighted by molar-refractivity contribution is -0.915. The Morgan fingerprint density at radius 3 is 2.48 bits per heavy atom. The highest BCUT2D eigenvalue weighted by atomic mass is 16.5. The molecule has 154 valence electrons. The van der Waals surface area contributed by atoms with Gasteiger partial charge in [-0.3, -0.25) is 4.79 Å². The topological polar surface area (TPSA) is 37.2 Å². The van der Waals surface area contributed by atoms with Crippen molar-refractivity contribution in [2.75, 3.05) is 44.2 Å². The Kier molecular flexibility index (Phi) is 6.05. The van der Waals surface area contributed by atoms with Crippen molar-refractivity contribution < 1.29 is 14.4 Å². The highest BCUT2D eigenvalue weighted by molar-refractivity contribution is 5.80. The van der Waals surface area contributed by atoms with Crippen LogP contribution in [0, 0.1) is 0 Å². The Morgan fingerprint density at radius 1 is 1.03 bits per heavy atom. The van der Waals surface area contributed by atoms with Gasteiger partial charge < -0.3 is 19.4 Å². The van der Waals surface area contributed by atoms with E-state index in [0.29, 0.717) is 6.61 Å². The minimum absolute atomic E-state index is 0.00421. The summed E-state index contributed by atoms with van der Waals surface area (Å²) >= 11 is 0. The summed E-state index contributed by atoms with van der Waals surface area (Å²) in [7, 11) is 0. The smallest absolute Gasteiger partial charge is 0.280 e. The van der Waals surface area contributed by atoms with E-state index in [2.05, 4.69) is 53.1 Å². The van der Waals surface area contributed by atoms with E-state index in [-0.39, 0.29) is 11.9 Å². The minimum atomic E-state index is 0.00421. The molecular formula is C24H32N3O2+. The normalized spacial score (nSPS) is 18.3. The number of hydrogen-bond acceptors (Lipinski definition) is 3. The highest BCUT2D eigenvalue weighted by Gasteiger charge is 2.33. The maximum Gasteiger partial charge on any atom is 0.280 e. The summed E-state index contributed by atoms with van der Waals surface area (Å²) in [5, 5.41) is 0. The fourth-order valence-electron chi connectivity index (χ4n) is 4.60. The van der Waals surface area contributed by atoms with Crippen molar-refractivity contribution in [1.82, 2.24) is 4.90 Å². The first kappa shape index (κ1) is 19.8. The average Bonchev–Trinajstić information content (AvgIpc) is 2.78. The first-order valence-corrected chi connectivity index (χ1v) is 10.8. The fraction of sp³-hybridized carbons (Fsp3) is 0.458. The molecule has 29 heavy (non-hydrogen) atoms. The maximum absolute atomic E-state index is 13.2. The van der Waals surface area contributed by atoms with E-state index in [1.807, 2.05) is 19.1 Å². The number of benzene rings is 2. The Hall–Kier alpha value is -2.53. The second-order valence-corrected chi connectivity index (χ2v) is 8.05. The molecule has 0 aliphatic carbocycles. The molecule has 5 heteroatoms. The number of piperazine rings is 1. The van der Waals surface area contributed by atoms with E-state index in [4.69, 9.17) is 4.74 Å². The second-order valence-electron chi connectivity index (χ2n) is 8.05. The quantitative estimate of drug-likeness (QED) is 0.840. The van der Waals surface area contributed by atoms with Crippen LogP contribution in [0.3, 0.4) is 0 Å². The van der Waals surface area contributed by atoms with Crippen LogP contribution in [-0.4, -0.2) is 56.2 Å². The molecule has 0 saturated carbocycles. The number of amides is 1. The van der Waals surface area contributed by atoms with Gasteiger partial charge in [0.25, 0.3) is 5.91 Å². The van der Waals surface area contributed by atoms with Crippen LogP contribution in [-0.2, 0) is 17.8 Å². The lowest BCUT2D eigenvalue weighted by Gasteiger charge is -2.38. The molecule has 1 amide bonds. The number of hydrogen-bond donors (Lipinski definition) is 1. The predicted octanol–water partition coefficient (Wildman–Crippen LogP) is 1.76. The lowest BCUT2D eigenvalue weighted by Crippen LogP contribution is -3.19. The summed E-state index contributed by atoms with van der Waals surface area (Å²) in [5.41, 5.74) is 3.85. The average molecular weight is 395 g/mol. The van der Waals surface area contributed by atoms with Crippen molar-refractivity contribution in [3.8, 4) is 5.75 Å².